The molecule has 1 aromatic rings. The van der Waals surface area contributed by atoms with Gasteiger partial charge >= 0.3 is 18.1 Å². The van der Waals surface area contributed by atoms with Gasteiger partial charge in [-0.1, -0.05) is 12.1 Å². The Balaban J connectivity index is 2.34. The minimum absolute atomic E-state index is 0.0300. The lowest BCUT2D eigenvalue weighted by atomic mass is 9.91. The Kier molecular flexibility index (Phi) is 3.89. The Morgan fingerprint density at radius 1 is 1.29 bits per heavy atom. The molecular formula is C13H11F4NO3. The Morgan fingerprint density at radius 3 is 2.48 bits per heavy atom. The summed E-state index contributed by atoms with van der Waals surface area (Å²) in [6.45, 7) is -0.337. The van der Waals surface area contributed by atoms with E-state index in [-0.39, 0.29) is 23.4 Å². The van der Waals surface area contributed by atoms with Crippen molar-refractivity contribution in [2.75, 3.05) is 6.54 Å². The van der Waals surface area contributed by atoms with E-state index in [1.807, 2.05) is 0 Å². The smallest absolute Gasteiger partial charge is 0.471 e. The van der Waals surface area contributed by atoms with Gasteiger partial charge in [0.25, 0.3) is 0 Å². The highest BCUT2D eigenvalue weighted by Crippen LogP contribution is 2.36. The van der Waals surface area contributed by atoms with Crippen molar-refractivity contribution >= 4 is 11.9 Å². The summed E-state index contributed by atoms with van der Waals surface area (Å²) in [6, 6.07) is 3.35. The molecule has 114 valence electrons. The average Bonchev–Trinajstić information content (AvgIpc) is 2.81. The minimum Gasteiger partial charge on any atom is -0.480 e. The monoisotopic (exact) mass is 305 g/mol. The van der Waals surface area contributed by atoms with Crippen LogP contribution in [0.15, 0.2) is 24.3 Å². The van der Waals surface area contributed by atoms with Crippen LogP contribution in [0.5, 0.6) is 0 Å². The number of likely N-dealkylation sites (tertiary alicyclic amines) is 1. The number of rotatable bonds is 2. The normalized spacial score (nSPS) is 22.4. The van der Waals surface area contributed by atoms with Crippen LogP contribution < -0.4 is 0 Å². The predicted molar refractivity (Wildman–Crippen MR) is 62.9 cm³/mol. The van der Waals surface area contributed by atoms with Gasteiger partial charge in [0, 0.05) is 12.5 Å². The molecule has 1 aromatic carbocycles. The molecule has 1 aliphatic heterocycles. The van der Waals surface area contributed by atoms with Gasteiger partial charge in [0.2, 0.25) is 0 Å². The third-order valence-corrected chi connectivity index (χ3v) is 3.43. The summed E-state index contributed by atoms with van der Waals surface area (Å²) in [5.41, 5.74) is 0.264. The van der Waals surface area contributed by atoms with E-state index in [4.69, 9.17) is 5.11 Å². The van der Waals surface area contributed by atoms with E-state index in [0.29, 0.717) is 0 Å². The number of carboxylic acids is 1. The van der Waals surface area contributed by atoms with Gasteiger partial charge < -0.3 is 10.0 Å². The minimum atomic E-state index is -5.13. The van der Waals surface area contributed by atoms with Gasteiger partial charge in [0.1, 0.15) is 11.9 Å². The Hall–Kier alpha value is -2.12. The number of alkyl halides is 3. The first kappa shape index (κ1) is 15.3. The van der Waals surface area contributed by atoms with Crippen LogP contribution in [0, 0.1) is 5.82 Å². The van der Waals surface area contributed by atoms with Gasteiger partial charge in [-0.25, -0.2) is 9.18 Å². The zero-order valence-corrected chi connectivity index (χ0v) is 10.6. The number of carbonyl (C=O) groups is 2. The van der Waals surface area contributed by atoms with Crippen LogP contribution in [0.2, 0.25) is 0 Å². The summed E-state index contributed by atoms with van der Waals surface area (Å²) in [4.78, 5) is 22.8. The molecule has 1 fully saturated rings. The summed E-state index contributed by atoms with van der Waals surface area (Å²) in [6.07, 6.45) is -5.10. The fraction of sp³-hybridized carbons (Fsp3) is 0.385. The molecule has 1 heterocycles. The second-order valence-electron chi connectivity index (χ2n) is 4.73. The molecule has 0 spiro atoms. The quantitative estimate of drug-likeness (QED) is 0.852. The number of nitrogens with zero attached hydrogens (tertiary/aromatic N) is 1. The topological polar surface area (TPSA) is 57.6 Å². The molecule has 1 aliphatic rings. The lowest BCUT2D eigenvalue weighted by molar-refractivity contribution is -0.188. The predicted octanol–water partition coefficient (Wildman–Crippen LogP) is 2.16. The van der Waals surface area contributed by atoms with E-state index >= 15 is 0 Å². The van der Waals surface area contributed by atoms with Crippen LogP contribution in [0.1, 0.15) is 17.9 Å². The highest BCUT2D eigenvalue weighted by Gasteiger charge is 2.51. The first-order chi connectivity index (χ1) is 9.71. The van der Waals surface area contributed by atoms with E-state index in [9.17, 15) is 27.2 Å². The standard InChI is InChI=1S/C13H11F4NO3/c14-8-3-1-2-7(6-8)9-4-5-18(10(9)11(19)20)12(21)13(15,16)17/h1-3,6,9-10H,4-5H2,(H,19,20). The van der Waals surface area contributed by atoms with Crippen molar-refractivity contribution in [1.29, 1.82) is 0 Å². The molecule has 0 radical (unpaired) electrons. The number of carboxylic acid groups (broad SMARTS) is 1. The van der Waals surface area contributed by atoms with Crippen molar-refractivity contribution in [2.45, 2.75) is 24.6 Å². The number of amides is 1. The highest BCUT2D eigenvalue weighted by molar-refractivity contribution is 5.88. The Morgan fingerprint density at radius 2 is 1.95 bits per heavy atom. The summed E-state index contributed by atoms with van der Waals surface area (Å²) >= 11 is 0. The van der Waals surface area contributed by atoms with Crippen molar-refractivity contribution in [3.63, 3.8) is 0 Å². The maximum Gasteiger partial charge on any atom is 0.471 e. The van der Waals surface area contributed by atoms with E-state index < -0.39 is 35.8 Å². The average molecular weight is 305 g/mol. The Labute approximate surface area is 117 Å². The molecular weight excluding hydrogens is 294 g/mol. The van der Waals surface area contributed by atoms with Crippen molar-refractivity contribution in [2.24, 2.45) is 0 Å². The van der Waals surface area contributed by atoms with E-state index in [1.165, 1.54) is 12.1 Å². The van der Waals surface area contributed by atoms with Crippen LogP contribution in [0.4, 0.5) is 17.6 Å². The number of hydrogen-bond donors (Lipinski definition) is 1. The third-order valence-electron chi connectivity index (χ3n) is 3.43. The van der Waals surface area contributed by atoms with E-state index in [0.717, 1.165) is 12.1 Å². The molecule has 0 aromatic heterocycles. The van der Waals surface area contributed by atoms with Crippen LogP contribution in [0.3, 0.4) is 0 Å². The van der Waals surface area contributed by atoms with Gasteiger partial charge in [0.15, 0.2) is 0 Å². The van der Waals surface area contributed by atoms with Gasteiger partial charge in [-0.15, -0.1) is 0 Å². The maximum atomic E-state index is 13.2. The van der Waals surface area contributed by atoms with Gasteiger partial charge in [0.05, 0.1) is 0 Å². The maximum absolute atomic E-state index is 13.2. The second kappa shape index (κ2) is 5.34. The number of carbonyl (C=O) groups excluding carboxylic acids is 1. The first-order valence-electron chi connectivity index (χ1n) is 6.08. The fourth-order valence-electron chi connectivity index (χ4n) is 2.57. The molecule has 1 N–H and O–H groups in total. The van der Waals surface area contributed by atoms with Crippen molar-refractivity contribution in [1.82, 2.24) is 4.90 Å². The molecule has 8 heteroatoms. The molecule has 2 unspecified atom stereocenters. The van der Waals surface area contributed by atoms with Crippen LogP contribution >= 0.6 is 0 Å². The van der Waals surface area contributed by atoms with Crippen LogP contribution in [-0.2, 0) is 9.59 Å². The van der Waals surface area contributed by atoms with Crippen molar-refractivity contribution in [3.8, 4) is 0 Å². The molecule has 2 rings (SSSR count). The molecule has 0 saturated carbocycles. The summed E-state index contributed by atoms with van der Waals surface area (Å²) in [5.74, 6) is -5.21. The summed E-state index contributed by atoms with van der Waals surface area (Å²) < 4.78 is 50.6. The van der Waals surface area contributed by atoms with Crippen LogP contribution in [-0.4, -0.2) is 40.6 Å². The van der Waals surface area contributed by atoms with E-state index in [2.05, 4.69) is 0 Å². The zero-order valence-electron chi connectivity index (χ0n) is 10.6. The Bertz CT molecular complexity index is 573. The second-order valence-corrected chi connectivity index (χ2v) is 4.73. The number of aliphatic carboxylic acids is 1. The highest BCUT2D eigenvalue weighted by atomic mass is 19.4. The largest absolute Gasteiger partial charge is 0.480 e. The number of halogens is 4. The lowest BCUT2D eigenvalue weighted by Gasteiger charge is -2.25. The fourth-order valence-corrected chi connectivity index (χ4v) is 2.57. The first-order valence-corrected chi connectivity index (χ1v) is 6.08. The SMILES string of the molecule is O=C(O)C1C(c2cccc(F)c2)CCN1C(=O)C(F)(F)F. The molecule has 2 atom stereocenters. The van der Waals surface area contributed by atoms with Gasteiger partial charge in [-0.05, 0) is 24.1 Å². The summed E-state index contributed by atoms with van der Waals surface area (Å²) in [5, 5.41) is 9.14. The zero-order chi connectivity index (χ0) is 15.8. The molecule has 1 saturated heterocycles. The van der Waals surface area contributed by atoms with Gasteiger partial charge in [-0.2, -0.15) is 13.2 Å². The molecule has 21 heavy (non-hydrogen) atoms. The van der Waals surface area contributed by atoms with Crippen LogP contribution in [0.25, 0.3) is 0 Å². The lowest BCUT2D eigenvalue weighted by Crippen LogP contribution is -2.48. The molecule has 0 bridgehead atoms. The van der Waals surface area contributed by atoms with E-state index in [1.54, 1.807) is 0 Å². The number of benzene rings is 1. The van der Waals surface area contributed by atoms with Crippen molar-refractivity contribution in [3.05, 3.63) is 35.6 Å². The molecule has 4 nitrogen and oxygen atoms in total. The van der Waals surface area contributed by atoms with Crippen molar-refractivity contribution < 1.29 is 32.3 Å². The third kappa shape index (κ3) is 2.98. The molecule has 1 amide bonds. The number of hydrogen-bond acceptors (Lipinski definition) is 2. The summed E-state index contributed by atoms with van der Waals surface area (Å²) in [7, 11) is 0. The molecule has 0 aliphatic carbocycles. The van der Waals surface area contributed by atoms with Gasteiger partial charge in [-0.3, -0.25) is 4.79 Å².